The Morgan fingerprint density at radius 3 is 2.50 bits per heavy atom. The van der Waals surface area contributed by atoms with Crippen LogP contribution in [0.2, 0.25) is 0 Å². The van der Waals surface area contributed by atoms with Gasteiger partial charge in [0.05, 0.1) is 11.9 Å². The summed E-state index contributed by atoms with van der Waals surface area (Å²) in [6.07, 6.45) is 1.52. The topological polar surface area (TPSA) is 118 Å². The molecule has 0 fully saturated rings. The Labute approximate surface area is 162 Å². The van der Waals surface area contributed by atoms with Crippen LogP contribution in [0.3, 0.4) is 0 Å². The average molecular weight is 388 g/mol. The van der Waals surface area contributed by atoms with Crippen LogP contribution in [0.4, 0.5) is 5.69 Å². The Kier molecular flexibility index (Phi) is 6.94. The van der Waals surface area contributed by atoms with Crippen LogP contribution in [0.5, 0.6) is 0 Å². The summed E-state index contributed by atoms with van der Waals surface area (Å²) in [5.41, 5.74) is 0.213. The Hall–Kier alpha value is -3.13. The molecule has 1 aromatic heterocycles. The molecule has 1 aromatic carbocycles. The highest BCUT2D eigenvalue weighted by Gasteiger charge is 2.22. The Morgan fingerprint density at radius 2 is 1.89 bits per heavy atom. The maximum Gasteiger partial charge on any atom is 0.326 e. The molecule has 28 heavy (non-hydrogen) atoms. The number of furan rings is 1. The van der Waals surface area contributed by atoms with Crippen molar-refractivity contribution < 1.29 is 28.6 Å². The molecule has 0 bridgehead atoms. The number of hydrogen-bond donors (Lipinski definition) is 3. The largest absolute Gasteiger partial charge is 0.480 e. The molecule has 0 saturated heterocycles. The number of benzene rings is 1. The smallest absolute Gasteiger partial charge is 0.326 e. The minimum absolute atomic E-state index is 0.132. The number of carbonyl (C=O) groups excluding carboxylic acids is 2. The number of aliphatic carboxylic acids is 1. The van der Waals surface area contributed by atoms with Crippen LogP contribution in [0.15, 0.2) is 47.1 Å². The van der Waals surface area contributed by atoms with Crippen molar-refractivity contribution in [3.8, 4) is 0 Å². The van der Waals surface area contributed by atoms with E-state index in [0.29, 0.717) is 5.69 Å². The van der Waals surface area contributed by atoms with Crippen LogP contribution >= 0.6 is 0 Å². The minimum Gasteiger partial charge on any atom is -0.480 e. The quantitative estimate of drug-likeness (QED) is 0.640. The highest BCUT2D eigenvalue weighted by Crippen LogP contribution is 2.14. The molecule has 0 spiro atoms. The first kappa shape index (κ1) is 21.2. The van der Waals surface area contributed by atoms with Gasteiger partial charge < -0.3 is 24.9 Å². The average Bonchev–Trinajstić information content (AvgIpc) is 3.14. The maximum absolute atomic E-state index is 12.4. The first-order valence-electron chi connectivity index (χ1n) is 8.78. The third-order valence-corrected chi connectivity index (χ3v) is 3.67. The van der Waals surface area contributed by atoms with Crippen LogP contribution in [0.1, 0.15) is 48.1 Å². The van der Waals surface area contributed by atoms with Crippen LogP contribution in [-0.2, 0) is 9.53 Å². The number of hydrogen-bond acceptors (Lipinski definition) is 5. The number of ether oxygens (including phenoxy) is 1. The van der Waals surface area contributed by atoms with Crippen molar-refractivity contribution in [1.82, 2.24) is 5.32 Å². The van der Waals surface area contributed by atoms with Gasteiger partial charge in [-0.05, 0) is 51.1 Å². The predicted octanol–water partition coefficient (Wildman–Crippen LogP) is 2.92. The van der Waals surface area contributed by atoms with Gasteiger partial charge in [0.2, 0.25) is 0 Å². The van der Waals surface area contributed by atoms with Gasteiger partial charge >= 0.3 is 5.97 Å². The lowest BCUT2D eigenvalue weighted by Crippen LogP contribution is -2.42. The molecular formula is C20H24N2O6. The fourth-order valence-corrected chi connectivity index (χ4v) is 2.32. The minimum atomic E-state index is -1.15. The first-order valence-corrected chi connectivity index (χ1v) is 8.78. The number of nitrogens with one attached hydrogen (secondary N) is 2. The lowest BCUT2D eigenvalue weighted by molar-refractivity contribution is -0.140. The van der Waals surface area contributed by atoms with E-state index in [1.54, 1.807) is 18.2 Å². The second-order valence-corrected chi connectivity index (χ2v) is 7.13. The molecule has 2 aromatic rings. The SMILES string of the molecule is CC(C)(C)OCCC(NC(=O)c1cccc(NC(=O)c2ccco2)c1)C(=O)O. The summed E-state index contributed by atoms with van der Waals surface area (Å²) < 4.78 is 10.5. The van der Waals surface area contributed by atoms with Crippen molar-refractivity contribution in [2.45, 2.75) is 38.8 Å². The van der Waals surface area contributed by atoms with Crippen molar-refractivity contribution in [2.24, 2.45) is 0 Å². The number of anilines is 1. The third-order valence-electron chi connectivity index (χ3n) is 3.67. The van der Waals surface area contributed by atoms with E-state index in [-0.39, 0.29) is 24.4 Å². The van der Waals surface area contributed by atoms with E-state index in [1.165, 1.54) is 24.5 Å². The summed E-state index contributed by atoms with van der Waals surface area (Å²) in [5.74, 6) is -2.02. The fourth-order valence-electron chi connectivity index (χ4n) is 2.32. The molecule has 1 heterocycles. The number of carbonyl (C=O) groups is 3. The second-order valence-electron chi connectivity index (χ2n) is 7.13. The Bertz CT molecular complexity index is 823. The molecule has 1 atom stereocenters. The second kappa shape index (κ2) is 9.18. The van der Waals surface area contributed by atoms with Crippen LogP contribution in [0, 0.1) is 0 Å². The van der Waals surface area contributed by atoms with E-state index in [4.69, 9.17) is 9.15 Å². The number of carboxylic acid groups (broad SMARTS) is 1. The van der Waals surface area contributed by atoms with Gasteiger partial charge in [0.15, 0.2) is 5.76 Å². The zero-order valence-electron chi connectivity index (χ0n) is 16.0. The van der Waals surface area contributed by atoms with E-state index in [1.807, 2.05) is 20.8 Å². The van der Waals surface area contributed by atoms with E-state index >= 15 is 0 Å². The summed E-state index contributed by atoms with van der Waals surface area (Å²) in [4.78, 5) is 35.9. The zero-order valence-corrected chi connectivity index (χ0v) is 16.0. The lowest BCUT2D eigenvalue weighted by atomic mass is 10.1. The summed E-state index contributed by atoms with van der Waals surface area (Å²) in [6, 6.07) is 8.21. The zero-order chi connectivity index (χ0) is 20.7. The molecule has 1 unspecified atom stereocenters. The standard InChI is InChI=1S/C20H24N2O6/c1-20(2,3)28-11-9-15(19(25)26)22-17(23)13-6-4-7-14(12-13)21-18(24)16-8-5-10-27-16/h4-8,10,12,15H,9,11H2,1-3H3,(H,21,24)(H,22,23)(H,25,26). The Morgan fingerprint density at radius 1 is 1.14 bits per heavy atom. The predicted molar refractivity (Wildman–Crippen MR) is 102 cm³/mol. The molecule has 0 aliphatic carbocycles. The van der Waals surface area contributed by atoms with Crippen molar-refractivity contribution >= 4 is 23.5 Å². The van der Waals surface area contributed by atoms with Gasteiger partial charge in [-0.1, -0.05) is 6.07 Å². The van der Waals surface area contributed by atoms with Crippen LogP contribution in [0.25, 0.3) is 0 Å². The lowest BCUT2D eigenvalue weighted by Gasteiger charge is -2.21. The van der Waals surface area contributed by atoms with Gasteiger partial charge in [-0.25, -0.2) is 4.79 Å². The third kappa shape index (κ3) is 6.55. The molecule has 0 aliphatic heterocycles. The summed E-state index contributed by atoms with van der Waals surface area (Å²) in [5, 5.41) is 14.4. The van der Waals surface area contributed by atoms with Crippen LogP contribution < -0.4 is 10.6 Å². The Balaban J connectivity index is 2.00. The van der Waals surface area contributed by atoms with Gasteiger partial charge in [-0.15, -0.1) is 0 Å². The van der Waals surface area contributed by atoms with Crippen molar-refractivity contribution in [2.75, 3.05) is 11.9 Å². The summed E-state index contributed by atoms with van der Waals surface area (Å²) in [7, 11) is 0. The van der Waals surface area contributed by atoms with Gasteiger partial charge in [-0.2, -0.15) is 0 Å². The molecule has 3 N–H and O–H groups in total. The van der Waals surface area contributed by atoms with E-state index in [0.717, 1.165) is 0 Å². The molecule has 8 heteroatoms. The number of carboxylic acids is 1. The molecule has 0 saturated carbocycles. The number of amides is 2. The summed E-state index contributed by atoms with van der Waals surface area (Å²) >= 11 is 0. The van der Waals surface area contributed by atoms with Crippen LogP contribution in [-0.4, -0.2) is 41.1 Å². The fraction of sp³-hybridized carbons (Fsp3) is 0.350. The number of rotatable bonds is 8. The van der Waals surface area contributed by atoms with Gasteiger partial charge in [0.1, 0.15) is 6.04 Å². The first-order chi connectivity index (χ1) is 13.2. The molecule has 8 nitrogen and oxygen atoms in total. The van der Waals surface area contributed by atoms with Gasteiger partial charge in [0, 0.05) is 24.3 Å². The maximum atomic E-state index is 12.4. The van der Waals surface area contributed by atoms with E-state index in [2.05, 4.69) is 10.6 Å². The van der Waals surface area contributed by atoms with Crippen molar-refractivity contribution in [1.29, 1.82) is 0 Å². The van der Waals surface area contributed by atoms with Crippen molar-refractivity contribution in [3.63, 3.8) is 0 Å². The highest BCUT2D eigenvalue weighted by atomic mass is 16.5. The molecular weight excluding hydrogens is 364 g/mol. The van der Waals surface area contributed by atoms with Gasteiger partial charge in [0.25, 0.3) is 11.8 Å². The van der Waals surface area contributed by atoms with E-state index in [9.17, 15) is 19.5 Å². The molecule has 0 radical (unpaired) electrons. The van der Waals surface area contributed by atoms with Crippen molar-refractivity contribution in [3.05, 3.63) is 54.0 Å². The molecule has 150 valence electrons. The highest BCUT2D eigenvalue weighted by molar-refractivity contribution is 6.03. The normalized spacial score (nSPS) is 12.2. The molecule has 0 aliphatic rings. The molecule has 2 amide bonds. The van der Waals surface area contributed by atoms with E-state index < -0.39 is 29.4 Å². The monoisotopic (exact) mass is 388 g/mol. The van der Waals surface area contributed by atoms with Gasteiger partial charge in [-0.3, -0.25) is 9.59 Å². The molecule has 2 rings (SSSR count). The summed E-state index contributed by atoms with van der Waals surface area (Å²) in [6.45, 7) is 5.79.